The van der Waals surface area contributed by atoms with Crippen molar-refractivity contribution in [1.82, 2.24) is 15.0 Å². The molecule has 4 heteroatoms. The minimum absolute atomic E-state index is 0.695. The van der Waals surface area contributed by atoms with Crippen LogP contribution in [0.2, 0.25) is 0 Å². The van der Waals surface area contributed by atoms with Crippen LogP contribution in [0.3, 0.4) is 0 Å². The average Bonchev–Trinajstić information content (AvgIpc) is 2.75. The summed E-state index contributed by atoms with van der Waals surface area (Å²) < 4.78 is 2.19. The molecule has 0 aliphatic heterocycles. The molecule has 1 heterocycles. The topological polar surface area (TPSA) is 55.9 Å². The first kappa shape index (κ1) is 6.82. The Balaban J connectivity index is 2.16. The van der Waals surface area contributed by atoms with Gasteiger partial charge in [-0.05, 0) is 12.8 Å². The van der Waals surface area contributed by atoms with E-state index >= 15 is 0 Å². The molecule has 1 aromatic heterocycles. The highest BCUT2D eigenvalue weighted by atomic mass is 15.2. The Bertz CT molecular complexity index is 238. The van der Waals surface area contributed by atoms with E-state index in [1.165, 1.54) is 18.5 Å². The van der Waals surface area contributed by atoms with E-state index in [0.29, 0.717) is 12.6 Å². The monoisotopic (exact) mass is 152 g/mol. The number of nitrogens with two attached hydrogens (primary N) is 1. The van der Waals surface area contributed by atoms with Gasteiger partial charge in [-0.1, -0.05) is 0 Å². The van der Waals surface area contributed by atoms with Crippen LogP contribution in [0.4, 0.5) is 0 Å². The van der Waals surface area contributed by atoms with Crippen molar-refractivity contribution in [3.63, 3.8) is 0 Å². The van der Waals surface area contributed by atoms with Gasteiger partial charge in [0.2, 0.25) is 0 Å². The SMILES string of the molecule is NNCc1cncn1C1CC1. The van der Waals surface area contributed by atoms with Crippen LogP contribution >= 0.6 is 0 Å². The molecule has 0 spiro atoms. The first-order chi connectivity index (χ1) is 5.42. The summed E-state index contributed by atoms with van der Waals surface area (Å²) in [6.45, 7) is 0.705. The minimum atomic E-state index is 0.695. The maximum atomic E-state index is 5.22. The Morgan fingerprint density at radius 3 is 3.18 bits per heavy atom. The van der Waals surface area contributed by atoms with E-state index in [-0.39, 0.29) is 0 Å². The second-order valence-corrected chi connectivity index (χ2v) is 2.90. The molecule has 0 atom stereocenters. The summed E-state index contributed by atoms with van der Waals surface area (Å²) >= 11 is 0. The number of hydrogen-bond donors (Lipinski definition) is 2. The van der Waals surface area contributed by atoms with Crippen molar-refractivity contribution >= 4 is 0 Å². The maximum absolute atomic E-state index is 5.22. The van der Waals surface area contributed by atoms with E-state index in [2.05, 4.69) is 15.0 Å². The third kappa shape index (κ3) is 1.27. The number of hydrazine groups is 1. The zero-order valence-corrected chi connectivity index (χ0v) is 6.33. The first-order valence-electron chi connectivity index (χ1n) is 3.86. The Morgan fingerprint density at radius 2 is 2.55 bits per heavy atom. The lowest BCUT2D eigenvalue weighted by Crippen LogP contribution is -2.22. The zero-order valence-electron chi connectivity index (χ0n) is 6.33. The fourth-order valence-corrected chi connectivity index (χ4v) is 1.26. The third-order valence-electron chi connectivity index (χ3n) is 1.97. The molecule has 1 aliphatic carbocycles. The number of rotatable bonds is 3. The molecule has 0 saturated heterocycles. The van der Waals surface area contributed by atoms with Crippen molar-refractivity contribution in [2.45, 2.75) is 25.4 Å². The Kier molecular flexibility index (Phi) is 1.63. The number of hydrogen-bond acceptors (Lipinski definition) is 3. The number of imidazole rings is 1. The lowest BCUT2D eigenvalue weighted by Gasteiger charge is -2.04. The van der Waals surface area contributed by atoms with Crippen LogP contribution in [-0.2, 0) is 6.54 Å². The van der Waals surface area contributed by atoms with Crippen molar-refractivity contribution in [2.24, 2.45) is 5.84 Å². The van der Waals surface area contributed by atoms with Crippen LogP contribution in [0, 0.1) is 0 Å². The number of nitrogens with one attached hydrogen (secondary N) is 1. The molecule has 4 nitrogen and oxygen atoms in total. The van der Waals surface area contributed by atoms with Crippen molar-refractivity contribution in [1.29, 1.82) is 0 Å². The largest absolute Gasteiger partial charge is 0.330 e. The quantitative estimate of drug-likeness (QED) is 0.480. The fourth-order valence-electron chi connectivity index (χ4n) is 1.26. The van der Waals surface area contributed by atoms with Gasteiger partial charge in [-0.15, -0.1) is 0 Å². The van der Waals surface area contributed by atoms with Crippen molar-refractivity contribution < 1.29 is 0 Å². The van der Waals surface area contributed by atoms with Crippen molar-refractivity contribution in [3.8, 4) is 0 Å². The van der Waals surface area contributed by atoms with E-state index in [0.717, 1.165) is 0 Å². The lowest BCUT2D eigenvalue weighted by molar-refractivity contribution is 0.639. The second-order valence-electron chi connectivity index (χ2n) is 2.90. The predicted molar refractivity (Wildman–Crippen MR) is 41.5 cm³/mol. The molecule has 0 amide bonds. The Morgan fingerprint density at radius 1 is 1.73 bits per heavy atom. The van der Waals surface area contributed by atoms with E-state index in [9.17, 15) is 0 Å². The summed E-state index contributed by atoms with van der Waals surface area (Å²) in [6.07, 6.45) is 6.31. The van der Waals surface area contributed by atoms with Crippen LogP contribution < -0.4 is 11.3 Å². The molecule has 1 saturated carbocycles. The van der Waals surface area contributed by atoms with Gasteiger partial charge in [0.15, 0.2) is 0 Å². The summed E-state index contributed by atoms with van der Waals surface area (Å²) in [7, 11) is 0. The van der Waals surface area contributed by atoms with Gasteiger partial charge < -0.3 is 4.57 Å². The zero-order chi connectivity index (χ0) is 7.68. The molecule has 2 rings (SSSR count). The van der Waals surface area contributed by atoms with E-state index in [1.807, 2.05) is 12.5 Å². The third-order valence-corrected chi connectivity index (χ3v) is 1.97. The van der Waals surface area contributed by atoms with Gasteiger partial charge in [-0.25, -0.2) is 4.98 Å². The maximum Gasteiger partial charge on any atom is 0.0951 e. The van der Waals surface area contributed by atoms with E-state index in [4.69, 9.17) is 5.84 Å². The van der Waals surface area contributed by atoms with Crippen molar-refractivity contribution in [3.05, 3.63) is 18.2 Å². The molecule has 0 unspecified atom stereocenters. The molecule has 11 heavy (non-hydrogen) atoms. The van der Waals surface area contributed by atoms with Gasteiger partial charge in [0.1, 0.15) is 0 Å². The first-order valence-corrected chi connectivity index (χ1v) is 3.86. The number of nitrogens with zero attached hydrogens (tertiary/aromatic N) is 2. The van der Waals surface area contributed by atoms with Gasteiger partial charge in [0, 0.05) is 12.2 Å². The van der Waals surface area contributed by atoms with E-state index in [1.54, 1.807) is 0 Å². The predicted octanol–water partition coefficient (Wildman–Crippen LogP) is 0.181. The fraction of sp³-hybridized carbons (Fsp3) is 0.571. The van der Waals surface area contributed by atoms with Gasteiger partial charge in [-0.3, -0.25) is 11.3 Å². The lowest BCUT2D eigenvalue weighted by atomic mass is 10.4. The molecule has 1 fully saturated rings. The molecule has 1 aromatic rings. The van der Waals surface area contributed by atoms with Gasteiger partial charge >= 0.3 is 0 Å². The molecule has 1 aliphatic rings. The number of aromatic nitrogens is 2. The van der Waals surface area contributed by atoms with Crippen LogP contribution in [0.15, 0.2) is 12.5 Å². The van der Waals surface area contributed by atoms with Gasteiger partial charge in [0.25, 0.3) is 0 Å². The van der Waals surface area contributed by atoms with E-state index < -0.39 is 0 Å². The smallest absolute Gasteiger partial charge is 0.0951 e. The summed E-state index contributed by atoms with van der Waals surface area (Å²) in [4.78, 5) is 4.07. The van der Waals surface area contributed by atoms with Gasteiger partial charge in [0.05, 0.1) is 18.6 Å². The van der Waals surface area contributed by atoms with Crippen LogP contribution in [-0.4, -0.2) is 9.55 Å². The van der Waals surface area contributed by atoms with Crippen LogP contribution in [0.1, 0.15) is 24.6 Å². The Hall–Kier alpha value is -0.870. The average molecular weight is 152 g/mol. The standard InChI is InChI=1S/C7H12N4/c8-10-4-7-3-9-5-11(7)6-1-2-6/h3,5-6,10H,1-2,4,8H2. The molecular weight excluding hydrogens is 140 g/mol. The molecule has 60 valence electrons. The van der Waals surface area contributed by atoms with Crippen LogP contribution in [0.5, 0.6) is 0 Å². The highest BCUT2D eigenvalue weighted by molar-refractivity contribution is 5.02. The summed E-state index contributed by atoms with van der Waals surface area (Å²) in [5.74, 6) is 5.22. The molecule has 0 aromatic carbocycles. The minimum Gasteiger partial charge on any atom is -0.330 e. The highest BCUT2D eigenvalue weighted by Crippen LogP contribution is 2.35. The second kappa shape index (κ2) is 2.64. The summed E-state index contributed by atoms with van der Waals surface area (Å²) in [5.41, 5.74) is 3.81. The molecule has 0 bridgehead atoms. The molecular formula is C7H12N4. The van der Waals surface area contributed by atoms with Crippen molar-refractivity contribution in [2.75, 3.05) is 0 Å². The van der Waals surface area contributed by atoms with Gasteiger partial charge in [-0.2, -0.15) is 0 Å². The Labute approximate surface area is 65.4 Å². The summed E-state index contributed by atoms with van der Waals surface area (Å²) in [5, 5.41) is 0. The van der Waals surface area contributed by atoms with Crippen LogP contribution in [0.25, 0.3) is 0 Å². The highest BCUT2D eigenvalue weighted by Gasteiger charge is 2.24. The molecule has 3 N–H and O–H groups in total. The normalized spacial score (nSPS) is 17.2. The summed E-state index contributed by atoms with van der Waals surface area (Å²) in [6, 6.07) is 0.695. The molecule has 0 radical (unpaired) electrons.